The van der Waals surface area contributed by atoms with E-state index in [1.54, 1.807) is 0 Å². The maximum Gasteiger partial charge on any atom is 0.302 e. The quantitative estimate of drug-likeness (QED) is 0.863. The third-order valence-electron chi connectivity index (χ3n) is 4.70. The average molecular weight is 318 g/mol. The van der Waals surface area contributed by atoms with Gasteiger partial charge in [0.1, 0.15) is 6.61 Å². The molecule has 1 saturated heterocycles. The number of hydrogen-bond acceptors (Lipinski definition) is 4. The molecule has 0 saturated carbocycles. The van der Waals surface area contributed by atoms with E-state index in [9.17, 15) is 9.59 Å². The lowest BCUT2D eigenvalue weighted by Crippen LogP contribution is -2.53. The Labute approximate surface area is 138 Å². The number of rotatable bonds is 4. The van der Waals surface area contributed by atoms with Crippen molar-refractivity contribution in [3.05, 3.63) is 33.9 Å². The van der Waals surface area contributed by atoms with Gasteiger partial charge in [-0.05, 0) is 55.5 Å². The number of aryl methyl sites for hydroxylation is 2. The lowest BCUT2D eigenvalue weighted by Gasteiger charge is -2.34. The number of hydrogen-bond donors (Lipinski definition) is 1. The first-order valence-electron chi connectivity index (χ1n) is 8.05. The molecular formula is C18H26N2O3. The van der Waals surface area contributed by atoms with E-state index in [1.165, 1.54) is 18.1 Å². The van der Waals surface area contributed by atoms with Gasteiger partial charge in [-0.1, -0.05) is 6.07 Å². The summed E-state index contributed by atoms with van der Waals surface area (Å²) in [5.74, 6) is -0.189. The van der Waals surface area contributed by atoms with Crippen molar-refractivity contribution < 1.29 is 14.3 Å². The minimum atomic E-state index is -0.271. The molecule has 0 aliphatic carbocycles. The van der Waals surface area contributed by atoms with Crippen molar-refractivity contribution in [2.75, 3.05) is 13.1 Å². The van der Waals surface area contributed by atoms with Gasteiger partial charge in [0, 0.05) is 26.6 Å². The molecule has 0 radical (unpaired) electrons. The molecule has 126 valence electrons. The van der Waals surface area contributed by atoms with Crippen molar-refractivity contribution in [1.82, 2.24) is 10.2 Å². The molecule has 1 N–H and O–H groups in total. The van der Waals surface area contributed by atoms with Crippen LogP contribution in [-0.2, 0) is 27.5 Å². The first-order chi connectivity index (χ1) is 10.8. The van der Waals surface area contributed by atoms with Gasteiger partial charge in [0.05, 0.1) is 6.04 Å². The molecule has 1 amide bonds. The molecule has 0 aromatic heterocycles. The molecule has 5 heteroatoms. The van der Waals surface area contributed by atoms with Crippen molar-refractivity contribution >= 4 is 11.9 Å². The molecule has 1 heterocycles. The van der Waals surface area contributed by atoms with E-state index in [2.05, 4.69) is 30.1 Å². The van der Waals surface area contributed by atoms with Gasteiger partial charge in [-0.25, -0.2) is 0 Å². The molecule has 0 bridgehead atoms. The maximum absolute atomic E-state index is 11.9. The Morgan fingerprint density at radius 2 is 1.96 bits per heavy atom. The van der Waals surface area contributed by atoms with Gasteiger partial charge in [0.2, 0.25) is 5.91 Å². The zero-order chi connectivity index (χ0) is 17.1. The third kappa shape index (κ3) is 3.91. The van der Waals surface area contributed by atoms with Gasteiger partial charge < -0.3 is 10.1 Å². The van der Waals surface area contributed by atoms with Gasteiger partial charge in [0.15, 0.2) is 0 Å². The van der Waals surface area contributed by atoms with Gasteiger partial charge >= 0.3 is 5.97 Å². The molecule has 5 nitrogen and oxygen atoms in total. The zero-order valence-corrected chi connectivity index (χ0v) is 14.7. The highest BCUT2D eigenvalue weighted by Gasteiger charge is 2.26. The van der Waals surface area contributed by atoms with E-state index in [4.69, 9.17) is 4.74 Å². The predicted molar refractivity (Wildman–Crippen MR) is 89.0 cm³/mol. The molecule has 1 atom stereocenters. The van der Waals surface area contributed by atoms with Crippen LogP contribution in [0, 0.1) is 20.8 Å². The Hall–Kier alpha value is -1.88. The molecule has 1 aromatic rings. The van der Waals surface area contributed by atoms with Crippen molar-refractivity contribution in [2.24, 2.45) is 0 Å². The number of amides is 1. The monoisotopic (exact) mass is 318 g/mol. The molecule has 0 spiro atoms. The van der Waals surface area contributed by atoms with Crippen LogP contribution >= 0.6 is 0 Å². The van der Waals surface area contributed by atoms with Crippen LogP contribution in [0.25, 0.3) is 0 Å². The number of nitrogens with one attached hydrogen (secondary N) is 1. The number of benzene rings is 1. The van der Waals surface area contributed by atoms with Crippen LogP contribution in [-0.4, -0.2) is 35.9 Å². The topological polar surface area (TPSA) is 58.6 Å². The van der Waals surface area contributed by atoms with Crippen LogP contribution in [0.1, 0.15) is 41.7 Å². The number of carbonyl (C=O) groups is 2. The molecule has 1 aliphatic rings. The Morgan fingerprint density at radius 3 is 2.61 bits per heavy atom. The summed E-state index contributed by atoms with van der Waals surface area (Å²) in [6.45, 7) is 12.1. The third-order valence-corrected chi connectivity index (χ3v) is 4.70. The molecule has 23 heavy (non-hydrogen) atoms. The van der Waals surface area contributed by atoms with E-state index in [-0.39, 0.29) is 17.9 Å². The second kappa shape index (κ2) is 7.13. The summed E-state index contributed by atoms with van der Waals surface area (Å²) in [4.78, 5) is 25.2. The van der Waals surface area contributed by atoms with Crippen LogP contribution in [0.5, 0.6) is 0 Å². The Bertz CT molecular complexity index is 625. The second-order valence-electron chi connectivity index (χ2n) is 6.31. The van der Waals surface area contributed by atoms with Gasteiger partial charge in [-0.3, -0.25) is 14.5 Å². The van der Waals surface area contributed by atoms with E-state index in [0.29, 0.717) is 13.2 Å². The molecular weight excluding hydrogens is 292 g/mol. The maximum atomic E-state index is 11.9. The number of piperazine rings is 1. The van der Waals surface area contributed by atoms with Gasteiger partial charge in [-0.2, -0.15) is 0 Å². The number of esters is 1. The lowest BCUT2D eigenvalue weighted by atomic mass is 9.93. The summed E-state index contributed by atoms with van der Waals surface area (Å²) in [6, 6.07) is 2.01. The zero-order valence-electron chi connectivity index (χ0n) is 14.7. The van der Waals surface area contributed by atoms with Crippen molar-refractivity contribution in [1.29, 1.82) is 0 Å². The fraction of sp³-hybridized carbons (Fsp3) is 0.556. The van der Waals surface area contributed by atoms with E-state index < -0.39 is 0 Å². The van der Waals surface area contributed by atoms with Crippen molar-refractivity contribution in [2.45, 2.75) is 53.8 Å². The predicted octanol–water partition coefficient (Wildman–Crippen LogP) is 2.00. The highest BCUT2D eigenvalue weighted by molar-refractivity contribution is 5.82. The normalized spacial score (nSPS) is 18.7. The van der Waals surface area contributed by atoms with Crippen LogP contribution in [0.3, 0.4) is 0 Å². The number of ether oxygens (including phenoxy) is 1. The molecule has 1 aromatic carbocycles. The largest absolute Gasteiger partial charge is 0.461 e. The van der Waals surface area contributed by atoms with E-state index >= 15 is 0 Å². The highest BCUT2D eigenvalue weighted by Crippen LogP contribution is 2.25. The highest BCUT2D eigenvalue weighted by atomic mass is 16.5. The van der Waals surface area contributed by atoms with Crippen LogP contribution < -0.4 is 5.32 Å². The van der Waals surface area contributed by atoms with Crippen LogP contribution in [0.4, 0.5) is 0 Å². The molecule has 2 rings (SSSR count). The van der Waals surface area contributed by atoms with E-state index in [0.717, 1.165) is 29.8 Å². The van der Waals surface area contributed by atoms with Crippen LogP contribution in [0.2, 0.25) is 0 Å². The summed E-state index contributed by atoms with van der Waals surface area (Å²) >= 11 is 0. The lowest BCUT2D eigenvalue weighted by molar-refractivity contribution is -0.142. The molecule has 0 unspecified atom stereocenters. The summed E-state index contributed by atoms with van der Waals surface area (Å²) in [5.41, 5.74) is 5.79. The van der Waals surface area contributed by atoms with Crippen molar-refractivity contribution in [3.8, 4) is 0 Å². The summed E-state index contributed by atoms with van der Waals surface area (Å²) in [5, 5.41) is 2.89. The average Bonchev–Trinajstić information content (AvgIpc) is 2.47. The number of carbonyl (C=O) groups excluding carboxylic acids is 2. The van der Waals surface area contributed by atoms with E-state index in [1.807, 2.05) is 13.8 Å². The minimum Gasteiger partial charge on any atom is -0.461 e. The minimum absolute atomic E-state index is 0.0822. The summed E-state index contributed by atoms with van der Waals surface area (Å²) in [7, 11) is 0. The van der Waals surface area contributed by atoms with Gasteiger partial charge in [0.25, 0.3) is 0 Å². The Kier molecular flexibility index (Phi) is 5.42. The first-order valence-corrected chi connectivity index (χ1v) is 8.05. The fourth-order valence-corrected chi connectivity index (χ4v) is 3.16. The molecule has 1 aliphatic heterocycles. The van der Waals surface area contributed by atoms with Crippen LogP contribution in [0.15, 0.2) is 6.07 Å². The number of nitrogens with zero attached hydrogens (tertiary/aromatic N) is 1. The standard InChI is InChI=1S/C18H26N2O3/c1-11-8-12(2)17(10-23-15(5)21)13(3)16(11)9-20-7-6-19-18(22)14(20)4/h8,14H,6-7,9-10H2,1-5H3,(H,19,22)/t14-/m0/s1. The van der Waals surface area contributed by atoms with Gasteiger partial charge in [-0.15, -0.1) is 0 Å². The summed E-state index contributed by atoms with van der Waals surface area (Å²) in [6.07, 6.45) is 0. The molecule has 1 fully saturated rings. The Balaban J connectivity index is 2.28. The SMILES string of the molecule is CC(=O)OCc1c(C)cc(C)c(CN2CCNC(=O)[C@@H]2C)c1C. The first kappa shape index (κ1) is 17.5. The fourth-order valence-electron chi connectivity index (χ4n) is 3.16. The Morgan fingerprint density at radius 1 is 1.30 bits per heavy atom. The van der Waals surface area contributed by atoms with Crippen molar-refractivity contribution in [3.63, 3.8) is 0 Å². The summed E-state index contributed by atoms with van der Waals surface area (Å²) < 4.78 is 5.20. The smallest absolute Gasteiger partial charge is 0.302 e. The second-order valence-corrected chi connectivity index (χ2v) is 6.31.